The third kappa shape index (κ3) is 6.80. The van der Waals surface area contributed by atoms with Crippen molar-refractivity contribution in [1.29, 1.82) is 0 Å². The largest absolute Gasteiger partial charge is 0.497 e. The van der Waals surface area contributed by atoms with Crippen molar-refractivity contribution in [3.8, 4) is 5.75 Å². The van der Waals surface area contributed by atoms with Gasteiger partial charge in [-0.25, -0.2) is 0 Å². The molecule has 248 valence electrons. The van der Waals surface area contributed by atoms with Gasteiger partial charge in [-0.05, 0) is 135 Å². The molecule has 2 heterocycles. The lowest BCUT2D eigenvalue weighted by Crippen LogP contribution is -2.33. The Bertz CT molecular complexity index is 2100. The van der Waals surface area contributed by atoms with Crippen molar-refractivity contribution in [3.05, 3.63) is 146 Å². The van der Waals surface area contributed by atoms with Crippen LogP contribution in [0.4, 0.5) is 17.1 Å². The molecule has 4 aromatic carbocycles. The summed E-state index contributed by atoms with van der Waals surface area (Å²) in [5.41, 5.74) is 9.58. The van der Waals surface area contributed by atoms with Gasteiger partial charge in [0.05, 0.1) is 29.6 Å². The summed E-state index contributed by atoms with van der Waals surface area (Å²) >= 11 is 16.5. The van der Waals surface area contributed by atoms with Crippen molar-refractivity contribution in [2.24, 2.45) is 0 Å². The molecule has 0 radical (unpaired) electrons. The fourth-order valence-electron chi connectivity index (χ4n) is 6.57. The van der Waals surface area contributed by atoms with E-state index in [1.54, 1.807) is 18.4 Å². The Balaban J connectivity index is 1.37. The van der Waals surface area contributed by atoms with Gasteiger partial charge in [0.1, 0.15) is 17.0 Å². The van der Waals surface area contributed by atoms with Crippen LogP contribution >= 0.6 is 46.3 Å². The highest BCUT2D eigenvalue weighted by Crippen LogP contribution is 2.47. The number of hydrogen-bond donors (Lipinski definition) is 0. The quantitative estimate of drug-likeness (QED) is 0.141. The molecule has 1 aliphatic heterocycles. The second-order valence-corrected chi connectivity index (χ2v) is 15.0. The molecule has 0 amide bonds. The molecule has 0 fully saturated rings. The maximum atomic E-state index is 6.40. The van der Waals surface area contributed by atoms with Gasteiger partial charge in [-0.3, -0.25) is 0 Å². The Kier molecular flexibility index (Phi) is 9.93. The average molecular weight is 724 g/mol. The minimum Gasteiger partial charge on any atom is -0.497 e. The van der Waals surface area contributed by atoms with Crippen LogP contribution in [0.3, 0.4) is 0 Å². The lowest BCUT2D eigenvalue weighted by molar-refractivity contribution is -0.665. The van der Waals surface area contributed by atoms with E-state index in [2.05, 4.69) is 114 Å². The van der Waals surface area contributed by atoms with Gasteiger partial charge in [0.2, 0.25) is 5.52 Å². The van der Waals surface area contributed by atoms with Gasteiger partial charge >= 0.3 is 0 Å². The van der Waals surface area contributed by atoms with E-state index in [0.717, 1.165) is 43.1 Å². The Morgan fingerprint density at radius 1 is 0.857 bits per heavy atom. The standard InChI is InChI=1S/C41H38Cl2N3OS2/c1-5-44-35-25-27(3)7-21-37(35)48-39(44)23-10-28-8-9-29(11-24-40-45(6-2)36-26-34(47-4)20-22-38(36)49-40)41(28)46(32-16-12-30(42)13-17-32)33-18-14-31(43)15-19-33/h7,10-26H,5-6,8-9H2,1-4H3/q+1. The SMILES string of the molecule is CCN1/C(=C\C=C2/CCC(/C=C/c3sc4ccc(OC)cc4[n+]3CC)=C2N(c2ccc(Cl)cc2)c2ccc(Cl)cc2)Sc2ccc(C)cc21. The molecule has 4 nitrogen and oxygen atoms in total. The number of benzene rings is 4. The number of aromatic nitrogens is 1. The smallest absolute Gasteiger partial charge is 0.262 e. The Hall–Kier alpha value is -3.94. The molecule has 1 aliphatic carbocycles. The number of ether oxygens (including phenoxy) is 1. The summed E-state index contributed by atoms with van der Waals surface area (Å²) < 4.78 is 9.15. The molecular weight excluding hydrogens is 686 g/mol. The number of nitrogens with zero attached hydrogens (tertiary/aromatic N) is 3. The summed E-state index contributed by atoms with van der Waals surface area (Å²) in [6.45, 7) is 8.35. The first-order valence-electron chi connectivity index (χ1n) is 16.6. The summed E-state index contributed by atoms with van der Waals surface area (Å²) in [7, 11) is 1.72. The zero-order valence-corrected chi connectivity index (χ0v) is 31.2. The van der Waals surface area contributed by atoms with Crippen molar-refractivity contribution in [2.75, 3.05) is 23.5 Å². The summed E-state index contributed by atoms with van der Waals surface area (Å²) in [4.78, 5) is 6.07. The molecule has 7 rings (SSSR count). The van der Waals surface area contributed by atoms with Crippen LogP contribution in [-0.2, 0) is 6.54 Å². The number of thiazole rings is 1. The van der Waals surface area contributed by atoms with Crippen LogP contribution in [0.25, 0.3) is 16.3 Å². The van der Waals surface area contributed by atoms with E-state index >= 15 is 0 Å². The molecule has 0 saturated carbocycles. The van der Waals surface area contributed by atoms with Gasteiger partial charge in [-0.1, -0.05) is 58.4 Å². The van der Waals surface area contributed by atoms with Crippen molar-refractivity contribution in [2.45, 2.75) is 45.1 Å². The highest BCUT2D eigenvalue weighted by atomic mass is 35.5. The minimum atomic E-state index is 0.707. The number of hydrogen-bond acceptors (Lipinski definition) is 5. The van der Waals surface area contributed by atoms with Crippen LogP contribution in [0.5, 0.6) is 5.75 Å². The van der Waals surface area contributed by atoms with Gasteiger partial charge in [0.15, 0.2) is 0 Å². The number of fused-ring (bicyclic) bond motifs is 2. The van der Waals surface area contributed by atoms with Crippen molar-refractivity contribution < 1.29 is 9.30 Å². The van der Waals surface area contributed by atoms with Crippen LogP contribution in [0, 0.1) is 6.92 Å². The summed E-state index contributed by atoms with van der Waals surface area (Å²) in [6, 6.07) is 29.2. The molecule has 8 heteroatoms. The number of halogens is 2. The highest BCUT2D eigenvalue weighted by Gasteiger charge is 2.28. The van der Waals surface area contributed by atoms with E-state index in [0.29, 0.717) is 10.0 Å². The summed E-state index contributed by atoms with van der Waals surface area (Å²) in [6.07, 6.45) is 11.1. The zero-order valence-electron chi connectivity index (χ0n) is 28.0. The second kappa shape index (κ2) is 14.5. The van der Waals surface area contributed by atoms with Crippen LogP contribution in [-0.4, -0.2) is 13.7 Å². The first-order valence-corrected chi connectivity index (χ1v) is 19.0. The first kappa shape index (κ1) is 33.6. The number of thioether (sulfide) groups is 1. The van der Waals surface area contributed by atoms with E-state index < -0.39 is 0 Å². The molecule has 5 aromatic rings. The molecule has 0 N–H and O–H groups in total. The lowest BCUT2D eigenvalue weighted by Gasteiger charge is -2.28. The Labute approximate surface area is 307 Å². The maximum Gasteiger partial charge on any atom is 0.262 e. The van der Waals surface area contributed by atoms with Gasteiger partial charge in [-0.15, -0.1) is 0 Å². The Morgan fingerprint density at radius 2 is 1.57 bits per heavy atom. The normalized spacial score (nSPS) is 16.2. The van der Waals surface area contributed by atoms with Crippen LogP contribution in [0.15, 0.2) is 130 Å². The molecule has 0 bridgehead atoms. The van der Waals surface area contributed by atoms with Crippen molar-refractivity contribution in [3.63, 3.8) is 0 Å². The van der Waals surface area contributed by atoms with Gasteiger partial charge < -0.3 is 14.5 Å². The number of allylic oxidation sites excluding steroid dienone is 5. The molecule has 2 aliphatic rings. The van der Waals surface area contributed by atoms with E-state index in [-0.39, 0.29) is 0 Å². The van der Waals surface area contributed by atoms with Gasteiger partial charge in [-0.2, -0.15) is 4.57 Å². The predicted molar refractivity (Wildman–Crippen MR) is 211 cm³/mol. The average Bonchev–Trinajstić information content (AvgIpc) is 3.79. The number of methoxy groups -OCH3 is 1. The topological polar surface area (TPSA) is 19.6 Å². The summed E-state index contributed by atoms with van der Waals surface area (Å²) in [5, 5.41) is 3.86. The second-order valence-electron chi connectivity index (χ2n) is 12.0. The van der Waals surface area contributed by atoms with Gasteiger partial charge in [0.25, 0.3) is 5.01 Å². The molecule has 0 spiro atoms. The zero-order chi connectivity index (χ0) is 34.1. The molecular formula is C41H38Cl2N3OS2+. The van der Waals surface area contributed by atoms with E-state index in [4.69, 9.17) is 27.9 Å². The monoisotopic (exact) mass is 722 g/mol. The lowest BCUT2D eigenvalue weighted by atomic mass is 10.1. The fraction of sp³-hybridized carbons (Fsp3) is 0.195. The summed E-state index contributed by atoms with van der Waals surface area (Å²) in [5.74, 6) is 0.870. The van der Waals surface area contributed by atoms with Crippen molar-refractivity contribution in [1.82, 2.24) is 0 Å². The van der Waals surface area contributed by atoms with Gasteiger partial charge in [0, 0.05) is 38.9 Å². The van der Waals surface area contributed by atoms with E-state index in [1.807, 2.05) is 42.1 Å². The van der Waals surface area contributed by atoms with Crippen LogP contribution in [0.1, 0.15) is 37.3 Å². The first-order chi connectivity index (χ1) is 23.9. The fourth-order valence-corrected chi connectivity index (χ4v) is 9.04. The molecule has 0 saturated heterocycles. The van der Waals surface area contributed by atoms with E-state index in [9.17, 15) is 0 Å². The highest BCUT2D eigenvalue weighted by molar-refractivity contribution is 8.03. The van der Waals surface area contributed by atoms with Crippen LogP contribution < -0.4 is 19.1 Å². The number of aryl methyl sites for hydroxylation is 2. The van der Waals surface area contributed by atoms with Crippen LogP contribution in [0.2, 0.25) is 10.0 Å². The molecule has 0 unspecified atom stereocenters. The number of rotatable bonds is 9. The van der Waals surface area contributed by atoms with Crippen molar-refractivity contribution >= 4 is 79.7 Å². The Morgan fingerprint density at radius 3 is 2.22 bits per heavy atom. The van der Waals surface area contributed by atoms with E-state index in [1.165, 1.54) is 53.2 Å². The molecule has 49 heavy (non-hydrogen) atoms. The third-order valence-electron chi connectivity index (χ3n) is 8.98. The molecule has 1 aromatic heterocycles. The minimum absolute atomic E-state index is 0.707. The molecule has 0 atom stereocenters. The maximum absolute atomic E-state index is 6.40. The predicted octanol–water partition coefficient (Wildman–Crippen LogP) is 12.1. The number of anilines is 3. The third-order valence-corrected chi connectivity index (χ3v) is 11.7.